The van der Waals surface area contributed by atoms with E-state index < -0.39 is 36.0 Å². The maximum absolute atomic E-state index is 14.9. The van der Waals surface area contributed by atoms with Crippen LogP contribution in [0.1, 0.15) is 58.3 Å². The van der Waals surface area contributed by atoms with Crippen molar-refractivity contribution in [1.82, 2.24) is 0 Å². The van der Waals surface area contributed by atoms with Crippen molar-refractivity contribution in [3.8, 4) is 0 Å². The van der Waals surface area contributed by atoms with Crippen molar-refractivity contribution in [3.63, 3.8) is 0 Å². The second kappa shape index (κ2) is 11.3. The van der Waals surface area contributed by atoms with E-state index in [-0.39, 0.29) is 0 Å². The number of carbonyl (C=O) groups excluding carboxylic acids is 2. The fourth-order valence-electron chi connectivity index (χ4n) is 7.75. The van der Waals surface area contributed by atoms with Crippen molar-refractivity contribution in [2.75, 3.05) is 0 Å². The van der Waals surface area contributed by atoms with E-state index in [1.54, 1.807) is 12.1 Å². The van der Waals surface area contributed by atoms with E-state index in [2.05, 4.69) is 48.6 Å². The van der Waals surface area contributed by atoms with E-state index in [9.17, 15) is 9.59 Å². The zero-order valence-electron chi connectivity index (χ0n) is 25.9. The second-order valence-corrected chi connectivity index (χ2v) is 19.9. The summed E-state index contributed by atoms with van der Waals surface area (Å²) in [5.74, 6) is -1.00. The van der Waals surface area contributed by atoms with Crippen LogP contribution in [0, 0.1) is 0 Å². The molecule has 0 saturated heterocycles. The van der Waals surface area contributed by atoms with Crippen LogP contribution in [0.3, 0.4) is 0 Å². The molecule has 0 aromatic heterocycles. The molecule has 0 fully saturated rings. The van der Waals surface area contributed by atoms with Gasteiger partial charge in [0.05, 0.1) is 0 Å². The van der Waals surface area contributed by atoms with Crippen molar-refractivity contribution in [2.24, 2.45) is 0 Å². The van der Waals surface area contributed by atoms with Crippen LogP contribution in [-0.2, 0) is 22.3 Å². The van der Waals surface area contributed by atoms with Crippen LogP contribution in [-0.4, -0.2) is 16.3 Å². The Labute approximate surface area is 274 Å². The van der Waals surface area contributed by atoms with Crippen molar-refractivity contribution in [3.05, 3.63) is 179 Å². The van der Waals surface area contributed by atoms with Gasteiger partial charge in [-0.1, -0.05) is 0 Å². The predicted octanol–water partition coefficient (Wildman–Crippen LogP) is 9.88. The van der Waals surface area contributed by atoms with E-state index in [1.807, 2.05) is 108 Å². The Morgan fingerprint density at radius 1 is 0.532 bits per heavy atom. The SMILES string of the molecule is C[CH]=[Ti]([O]C(=O)c1cccc2ccccc12)([O]C(=O)c1cccc2ccccc12)([CH]1C=Cc2ccccc21)[CH]1C=Cc2ccccc21. The average Bonchev–Trinajstić information content (AvgIpc) is 3.77. The van der Waals surface area contributed by atoms with E-state index >= 15 is 0 Å². The van der Waals surface area contributed by atoms with Gasteiger partial charge in [-0.15, -0.1) is 0 Å². The molecule has 4 nitrogen and oxygen atoms in total. The topological polar surface area (TPSA) is 52.6 Å². The molecule has 0 radical (unpaired) electrons. The summed E-state index contributed by atoms with van der Waals surface area (Å²) >= 11 is -5.72. The Bertz CT molecular complexity index is 2200. The molecule has 0 heterocycles. The zero-order chi connectivity index (χ0) is 32.0. The van der Waals surface area contributed by atoms with Crippen molar-refractivity contribution in [1.29, 1.82) is 0 Å². The van der Waals surface area contributed by atoms with Crippen LogP contribution in [0.4, 0.5) is 0 Å². The third kappa shape index (κ3) is 4.51. The fourth-order valence-corrected chi connectivity index (χ4v) is 16.5. The molecule has 0 N–H and O–H groups in total. The van der Waals surface area contributed by atoms with Crippen molar-refractivity contribution >= 4 is 49.9 Å². The molecule has 0 saturated carbocycles. The summed E-state index contributed by atoms with van der Waals surface area (Å²) in [6, 6.07) is 43.1. The number of hydrogen-bond donors (Lipinski definition) is 0. The van der Waals surface area contributed by atoms with Crippen LogP contribution in [0.5, 0.6) is 0 Å². The van der Waals surface area contributed by atoms with E-state index in [0.717, 1.165) is 43.8 Å². The third-order valence-electron chi connectivity index (χ3n) is 10.0. The Hall–Kier alpha value is -5.16. The van der Waals surface area contributed by atoms with E-state index in [1.165, 1.54) is 0 Å². The van der Waals surface area contributed by atoms with Gasteiger partial charge in [0.1, 0.15) is 0 Å². The minimum atomic E-state index is -5.72. The molecule has 5 heteroatoms. The van der Waals surface area contributed by atoms with Crippen LogP contribution in [0.2, 0.25) is 0 Å². The first kappa shape index (κ1) is 29.3. The number of hydrogen-bond acceptors (Lipinski definition) is 4. The molecule has 0 aliphatic heterocycles. The molecule has 6 aromatic carbocycles. The number of carbonyl (C=O) groups is 2. The molecule has 2 atom stereocenters. The van der Waals surface area contributed by atoms with E-state index in [4.69, 9.17) is 6.64 Å². The molecule has 2 unspecified atom stereocenters. The summed E-state index contributed by atoms with van der Waals surface area (Å²) in [5.41, 5.74) is 4.88. The van der Waals surface area contributed by atoms with Gasteiger partial charge < -0.3 is 0 Å². The normalized spacial score (nSPS) is 16.6. The maximum atomic E-state index is 14.9. The summed E-state index contributed by atoms with van der Waals surface area (Å²) in [5, 5.41) is 3.43. The van der Waals surface area contributed by atoms with Gasteiger partial charge in [-0.3, -0.25) is 0 Å². The number of benzene rings is 6. The predicted molar refractivity (Wildman–Crippen MR) is 187 cm³/mol. The number of allylic oxidation sites excluding steroid dienone is 2. The van der Waals surface area contributed by atoms with Crippen molar-refractivity contribution < 1.29 is 31.8 Å². The minimum absolute atomic E-state index is 0.437. The van der Waals surface area contributed by atoms with Crippen LogP contribution in [0.15, 0.2) is 146 Å². The molecular weight excluding hydrogens is 616 g/mol. The van der Waals surface area contributed by atoms with Crippen LogP contribution in [0.25, 0.3) is 33.7 Å². The van der Waals surface area contributed by atoms with Gasteiger partial charge in [-0.2, -0.15) is 0 Å². The van der Waals surface area contributed by atoms with E-state index in [0.29, 0.717) is 11.1 Å². The molecule has 0 amide bonds. The average molecular weight is 649 g/mol. The Morgan fingerprint density at radius 2 is 0.936 bits per heavy atom. The monoisotopic (exact) mass is 648 g/mol. The van der Waals surface area contributed by atoms with Crippen LogP contribution >= 0.6 is 0 Å². The first-order chi connectivity index (χ1) is 23.0. The summed E-state index contributed by atoms with van der Waals surface area (Å²) in [7, 11) is 0. The summed E-state index contributed by atoms with van der Waals surface area (Å²) < 4.78 is 15.4. The number of fused-ring (bicyclic) bond motifs is 4. The third-order valence-corrected chi connectivity index (χ3v) is 19.2. The summed E-state index contributed by atoms with van der Waals surface area (Å²) in [6.07, 6.45) is 8.30. The first-order valence-corrected chi connectivity index (χ1v) is 19.9. The van der Waals surface area contributed by atoms with Gasteiger partial charge in [0, 0.05) is 0 Å². The van der Waals surface area contributed by atoms with Gasteiger partial charge in [-0.05, 0) is 0 Å². The summed E-state index contributed by atoms with van der Waals surface area (Å²) in [6.45, 7) is 1.91. The molecule has 2 aliphatic carbocycles. The quantitative estimate of drug-likeness (QED) is 0.169. The van der Waals surface area contributed by atoms with Gasteiger partial charge in [0.25, 0.3) is 0 Å². The van der Waals surface area contributed by atoms with Gasteiger partial charge in [0.15, 0.2) is 0 Å². The molecule has 47 heavy (non-hydrogen) atoms. The summed E-state index contributed by atoms with van der Waals surface area (Å²) in [4.78, 5) is 29.7. The molecule has 8 rings (SSSR count). The molecule has 0 spiro atoms. The Balaban J connectivity index is 1.42. The molecule has 6 aromatic rings. The fraction of sp³-hybridized carbons (Fsp3) is 0.0714. The number of rotatable bonds is 6. The van der Waals surface area contributed by atoms with Gasteiger partial charge in [0.2, 0.25) is 0 Å². The molecule has 0 bridgehead atoms. The Morgan fingerprint density at radius 3 is 1.40 bits per heavy atom. The first-order valence-electron chi connectivity index (χ1n) is 16.0. The zero-order valence-corrected chi connectivity index (χ0v) is 27.4. The molecule has 2 aliphatic rings. The van der Waals surface area contributed by atoms with Gasteiger partial charge in [-0.25, -0.2) is 0 Å². The Kier molecular flexibility index (Phi) is 7.02. The standard InChI is InChI=1S/2C11H8O2.2C9H7.C2H4.Ti/c2*12-11(13)10-7-3-5-8-4-1-2-6-9(8)10;2*1-2-5-9-7-3-6-8(9)4-1;1-2;/h2*1-7H,(H,12,13);2*1-7H;1H,2H3;/q;;;;;+2/p-2. The second-order valence-electron chi connectivity index (χ2n) is 12.3. The molecule has 228 valence electrons. The molecular formula is C42H32O4Ti. The van der Waals surface area contributed by atoms with Gasteiger partial charge >= 0.3 is 276 Å². The van der Waals surface area contributed by atoms with Crippen molar-refractivity contribution in [2.45, 2.75) is 15.4 Å². The van der Waals surface area contributed by atoms with Crippen LogP contribution < -0.4 is 0 Å².